The minimum absolute atomic E-state index is 0.193. The smallest absolute Gasteiger partial charge is 0.0829 e. The van der Waals surface area contributed by atoms with Crippen molar-refractivity contribution in [2.24, 2.45) is 5.92 Å². The molecule has 0 spiro atoms. The molecule has 0 aromatic carbocycles. The predicted molar refractivity (Wildman–Crippen MR) is 60.3 cm³/mol. The van der Waals surface area contributed by atoms with Crippen LogP contribution in [0.1, 0.15) is 39.5 Å². The molecule has 86 valence electrons. The quantitative estimate of drug-likeness (QED) is 0.769. The van der Waals surface area contributed by atoms with Crippen LogP contribution in [0.2, 0.25) is 0 Å². The second kappa shape index (κ2) is 5.48. The summed E-state index contributed by atoms with van der Waals surface area (Å²) in [5, 5.41) is 19.4. The molecule has 1 aliphatic heterocycles. The highest BCUT2D eigenvalue weighted by Crippen LogP contribution is 2.31. The lowest BCUT2D eigenvalue weighted by atomic mass is 9.79. The summed E-state index contributed by atoms with van der Waals surface area (Å²) in [7, 11) is 0. The van der Waals surface area contributed by atoms with Gasteiger partial charge in [0.15, 0.2) is 0 Å². The maximum absolute atomic E-state index is 10.4. The molecule has 0 bridgehead atoms. The molecule has 1 rings (SSSR count). The molecular weight excluding hydrogens is 188 g/mol. The van der Waals surface area contributed by atoms with E-state index in [2.05, 4.69) is 17.9 Å². The first-order valence-corrected chi connectivity index (χ1v) is 6.00. The van der Waals surface area contributed by atoms with Crippen LogP contribution in [-0.4, -0.2) is 35.2 Å². The average Bonchev–Trinajstić information content (AvgIpc) is 2.24. The van der Waals surface area contributed by atoms with Gasteiger partial charge in [0.2, 0.25) is 0 Å². The second-order valence-corrected chi connectivity index (χ2v) is 4.54. The number of nitrogens with zero attached hydrogens (tertiary/aromatic N) is 2. The van der Waals surface area contributed by atoms with Gasteiger partial charge in [0.05, 0.1) is 17.6 Å². The Kier molecular flexibility index (Phi) is 4.56. The predicted octanol–water partition coefficient (Wildman–Crippen LogP) is 1.77. The third kappa shape index (κ3) is 2.93. The normalized spacial score (nSPS) is 23.3. The van der Waals surface area contributed by atoms with Crippen molar-refractivity contribution in [2.75, 3.05) is 19.6 Å². The van der Waals surface area contributed by atoms with E-state index >= 15 is 0 Å². The number of likely N-dealkylation sites (tertiary alicyclic amines) is 1. The minimum Gasteiger partial charge on any atom is -0.388 e. The Bertz CT molecular complexity index is 226. The topological polar surface area (TPSA) is 47.3 Å². The second-order valence-electron chi connectivity index (χ2n) is 4.54. The number of hydrogen-bond donors (Lipinski definition) is 1. The Morgan fingerprint density at radius 2 is 2.00 bits per heavy atom. The molecule has 0 radical (unpaired) electrons. The lowest BCUT2D eigenvalue weighted by Gasteiger charge is -2.40. The van der Waals surface area contributed by atoms with E-state index in [1.165, 1.54) is 0 Å². The van der Waals surface area contributed by atoms with E-state index in [9.17, 15) is 5.11 Å². The van der Waals surface area contributed by atoms with Crippen LogP contribution in [0.4, 0.5) is 0 Å². The molecule has 1 N–H and O–H groups in total. The molecule has 3 heteroatoms. The zero-order chi connectivity index (χ0) is 11.3. The van der Waals surface area contributed by atoms with Gasteiger partial charge < -0.3 is 10.0 Å². The third-order valence-corrected chi connectivity index (χ3v) is 3.47. The molecule has 1 unspecified atom stereocenters. The fourth-order valence-corrected chi connectivity index (χ4v) is 2.42. The summed E-state index contributed by atoms with van der Waals surface area (Å²) in [5.41, 5.74) is -0.728. The van der Waals surface area contributed by atoms with Crippen molar-refractivity contribution in [1.82, 2.24) is 4.90 Å². The van der Waals surface area contributed by atoms with Crippen molar-refractivity contribution < 1.29 is 5.11 Å². The van der Waals surface area contributed by atoms with Crippen LogP contribution in [0.3, 0.4) is 0 Å². The van der Waals surface area contributed by atoms with Crippen LogP contribution in [0, 0.1) is 17.2 Å². The molecule has 1 heterocycles. The summed E-state index contributed by atoms with van der Waals surface area (Å²) >= 11 is 0. The monoisotopic (exact) mass is 210 g/mol. The number of hydrogen-bond acceptors (Lipinski definition) is 3. The van der Waals surface area contributed by atoms with Crippen LogP contribution in [0.5, 0.6) is 0 Å². The fourth-order valence-electron chi connectivity index (χ4n) is 2.42. The van der Waals surface area contributed by atoms with Crippen LogP contribution >= 0.6 is 0 Å². The van der Waals surface area contributed by atoms with Crippen molar-refractivity contribution in [1.29, 1.82) is 5.26 Å². The lowest BCUT2D eigenvalue weighted by Crippen LogP contribution is -2.48. The number of rotatable bonds is 4. The standard InChI is InChI=1S/C12H22N2O/c1-3-7-14-8-5-12(15,6-9-14)11(4-2)10-13/h11,15H,3-9H2,1-2H3. The van der Waals surface area contributed by atoms with Crippen molar-refractivity contribution >= 4 is 0 Å². The summed E-state index contributed by atoms with van der Waals surface area (Å²) in [6.07, 6.45) is 3.41. The van der Waals surface area contributed by atoms with Gasteiger partial charge in [-0.2, -0.15) is 5.26 Å². The van der Waals surface area contributed by atoms with Crippen molar-refractivity contribution in [3.63, 3.8) is 0 Å². The zero-order valence-corrected chi connectivity index (χ0v) is 9.87. The fraction of sp³-hybridized carbons (Fsp3) is 0.917. The number of aliphatic hydroxyl groups is 1. The largest absolute Gasteiger partial charge is 0.388 e. The third-order valence-electron chi connectivity index (χ3n) is 3.47. The first-order chi connectivity index (χ1) is 7.16. The molecule has 3 nitrogen and oxygen atoms in total. The Labute approximate surface area is 92.7 Å². The lowest BCUT2D eigenvalue weighted by molar-refractivity contribution is -0.0515. The van der Waals surface area contributed by atoms with E-state index in [1.807, 2.05) is 6.92 Å². The summed E-state index contributed by atoms with van der Waals surface area (Å²) in [6, 6.07) is 2.24. The van der Waals surface area contributed by atoms with Crippen LogP contribution in [0.25, 0.3) is 0 Å². The van der Waals surface area contributed by atoms with Gasteiger partial charge in [-0.3, -0.25) is 0 Å². The van der Waals surface area contributed by atoms with Gasteiger partial charge in [-0.05, 0) is 32.2 Å². The molecule has 0 amide bonds. The van der Waals surface area contributed by atoms with E-state index in [0.29, 0.717) is 0 Å². The zero-order valence-electron chi connectivity index (χ0n) is 9.87. The highest BCUT2D eigenvalue weighted by atomic mass is 16.3. The maximum Gasteiger partial charge on any atom is 0.0829 e. The molecule has 0 aromatic heterocycles. The van der Waals surface area contributed by atoms with E-state index < -0.39 is 5.60 Å². The van der Waals surface area contributed by atoms with Gasteiger partial charge in [-0.1, -0.05) is 13.8 Å². The van der Waals surface area contributed by atoms with Gasteiger partial charge in [-0.25, -0.2) is 0 Å². The Morgan fingerprint density at radius 1 is 1.40 bits per heavy atom. The van der Waals surface area contributed by atoms with Gasteiger partial charge >= 0.3 is 0 Å². The molecule has 1 aliphatic rings. The van der Waals surface area contributed by atoms with E-state index in [4.69, 9.17) is 5.26 Å². The molecule has 0 saturated carbocycles. The van der Waals surface area contributed by atoms with Crippen molar-refractivity contribution in [3.05, 3.63) is 0 Å². The molecule has 1 saturated heterocycles. The summed E-state index contributed by atoms with van der Waals surface area (Å²) in [4.78, 5) is 2.37. The van der Waals surface area contributed by atoms with Crippen LogP contribution in [0.15, 0.2) is 0 Å². The van der Waals surface area contributed by atoms with Crippen molar-refractivity contribution in [2.45, 2.75) is 45.1 Å². The SMILES string of the molecule is CCCN1CCC(O)(C(C#N)CC)CC1. The first kappa shape index (κ1) is 12.5. The van der Waals surface area contributed by atoms with Gasteiger partial charge in [0.25, 0.3) is 0 Å². The van der Waals surface area contributed by atoms with E-state index in [0.717, 1.165) is 45.3 Å². The number of piperidine rings is 1. The molecule has 0 aromatic rings. The molecule has 1 atom stereocenters. The number of nitriles is 1. The molecule has 15 heavy (non-hydrogen) atoms. The van der Waals surface area contributed by atoms with Crippen molar-refractivity contribution in [3.8, 4) is 6.07 Å². The summed E-state index contributed by atoms with van der Waals surface area (Å²) in [6.45, 7) is 7.12. The summed E-state index contributed by atoms with van der Waals surface area (Å²) in [5.74, 6) is -0.193. The molecule has 1 fully saturated rings. The van der Waals surface area contributed by atoms with E-state index in [1.54, 1.807) is 0 Å². The van der Waals surface area contributed by atoms with E-state index in [-0.39, 0.29) is 5.92 Å². The highest BCUT2D eigenvalue weighted by molar-refractivity contribution is 5.00. The van der Waals surface area contributed by atoms with Crippen LogP contribution in [-0.2, 0) is 0 Å². The Hall–Kier alpha value is -0.590. The first-order valence-electron chi connectivity index (χ1n) is 6.00. The Balaban J connectivity index is 2.50. The highest BCUT2D eigenvalue weighted by Gasteiger charge is 2.38. The Morgan fingerprint density at radius 3 is 2.40 bits per heavy atom. The molecule has 0 aliphatic carbocycles. The molecular formula is C12H22N2O. The van der Waals surface area contributed by atoms with Gasteiger partial charge in [-0.15, -0.1) is 0 Å². The van der Waals surface area contributed by atoms with Gasteiger partial charge in [0.1, 0.15) is 0 Å². The average molecular weight is 210 g/mol. The summed E-state index contributed by atoms with van der Waals surface area (Å²) < 4.78 is 0. The minimum atomic E-state index is -0.728. The maximum atomic E-state index is 10.4. The van der Waals surface area contributed by atoms with Crippen LogP contribution < -0.4 is 0 Å². The van der Waals surface area contributed by atoms with Gasteiger partial charge in [0, 0.05) is 13.1 Å².